The molecule has 1 aromatic rings. The molecule has 1 aromatic heterocycles. The topological polar surface area (TPSA) is 37.3 Å². The third-order valence-corrected chi connectivity index (χ3v) is 5.44. The summed E-state index contributed by atoms with van der Waals surface area (Å²) in [5.41, 5.74) is 0.209. The van der Waals surface area contributed by atoms with Crippen LogP contribution in [0.15, 0.2) is 65.2 Å². The molecule has 1 aliphatic rings. The van der Waals surface area contributed by atoms with Crippen LogP contribution in [0.3, 0.4) is 0 Å². The second kappa shape index (κ2) is 15.1. The molecular weight excluding hydrogens is 431 g/mol. The zero-order valence-electron chi connectivity index (χ0n) is 20.3. The van der Waals surface area contributed by atoms with Gasteiger partial charge in [0, 0.05) is 18.0 Å². The van der Waals surface area contributed by atoms with Crippen LogP contribution in [0.2, 0.25) is 0 Å². The van der Waals surface area contributed by atoms with Gasteiger partial charge in [-0.1, -0.05) is 65.8 Å². The lowest BCUT2D eigenvalue weighted by Crippen LogP contribution is -2.36. The molecule has 32 heavy (non-hydrogen) atoms. The maximum Gasteiger partial charge on any atom is 0.417 e. The number of hydrogen-bond acceptors (Lipinski definition) is 4. The molecule has 7 heteroatoms. The van der Waals surface area contributed by atoms with Gasteiger partial charge in [-0.3, -0.25) is 4.99 Å². The monoisotopic (exact) mass is 469 g/mol. The molecule has 3 atom stereocenters. The van der Waals surface area contributed by atoms with Gasteiger partial charge in [-0.25, -0.2) is 9.71 Å². The highest BCUT2D eigenvalue weighted by atomic mass is 32.2. The van der Waals surface area contributed by atoms with Gasteiger partial charge in [0.1, 0.15) is 11.2 Å². The van der Waals surface area contributed by atoms with Crippen LogP contribution in [-0.4, -0.2) is 23.0 Å². The van der Waals surface area contributed by atoms with Crippen LogP contribution in [0.1, 0.15) is 53.7 Å². The van der Waals surface area contributed by atoms with Crippen molar-refractivity contribution in [2.24, 2.45) is 22.7 Å². The number of aliphatic imine (C=N–C) groups is 1. The van der Waals surface area contributed by atoms with Crippen molar-refractivity contribution in [3.63, 3.8) is 0 Å². The molecular formula is C25H38F3N3S. The molecule has 2 rings (SSSR count). The van der Waals surface area contributed by atoms with Crippen LogP contribution in [0.4, 0.5) is 13.2 Å². The van der Waals surface area contributed by atoms with E-state index in [0.29, 0.717) is 0 Å². The number of aromatic nitrogens is 1. The Hall–Kier alpha value is -1.86. The number of allylic oxidation sites excluding steroid dienone is 3. The number of halogens is 3. The molecule has 0 amide bonds. The summed E-state index contributed by atoms with van der Waals surface area (Å²) >= 11 is 1.27. The summed E-state index contributed by atoms with van der Waals surface area (Å²) in [6, 6.07) is 5.61. The predicted octanol–water partition coefficient (Wildman–Crippen LogP) is 7.96. The van der Waals surface area contributed by atoms with Gasteiger partial charge < -0.3 is 0 Å². The molecule has 180 valence electrons. The SMILES string of the molecule is C=CC(C1=NC(NSc2cccc(C)n2)CC=C1C(F)(F)F)C(C=C)C(C)C.CC.CC. The van der Waals surface area contributed by atoms with Crippen molar-refractivity contribution < 1.29 is 13.2 Å². The molecule has 3 nitrogen and oxygen atoms in total. The number of hydrogen-bond donors (Lipinski definition) is 1. The van der Waals surface area contributed by atoms with E-state index in [9.17, 15) is 13.2 Å². The lowest BCUT2D eigenvalue weighted by atomic mass is 9.77. The average Bonchev–Trinajstić information content (AvgIpc) is 2.77. The van der Waals surface area contributed by atoms with Crippen LogP contribution < -0.4 is 4.72 Å². The molecule has 0 fully saturated rings. The van der Waals surface area contributed by atoms with Crippen LogP contribution in [0, 0.1) is 24.7 Å². The van der Waals surface area contributed by atoms with E-state index in [2.05, 4.69) is 27.9 Å². The first-order chi connectivity index (χ1) is 15.2. The molecule has 0 saturated carbocycles. The van der Waals surface area contributed by atoms with Crippen LogP contribution in [0.5, 0.6) is 0 Å². The van der Waals surface area contributed by atoms with Gasteiger partial charge in [-0.15, -0.1) is 13.2 Å². The highest BCUT2D eigenvalue weighted by Crippen LogP contribution is 2.37. The Kier molecular flexibility index (Phi) is 14.2. The van der Waals surface area contributed by atoms with Crippen molar-refractivity contribution >= 4 is 17.7 Å². The molecule has 0 radical (unpaired) electrons. The Morgan fingerprint density at radius 3 is 2.22 bits per heavy atom. The maximum atomic E-state index is 13.6. The smallest absolute Gasteiger partial charge is 0.269 e. The molecule has 3 unspecified atom stereocenters. The van der Waals surface area contributed by atoms with Crippen molar-refractivity contribution in [3.05, 3.63) is 60.9 Å². The van der Waals surface area contributed by atoms with Crippen LogP contribution in [-0.2, 0) is 0 Å². The van der Waals surface area contributed by atoms with E-state index in [1.165, 1.54) is 18.0 Å². The molecule has 1 N–H and O–H groups in total. The summed E-state index contributed by atoms with van der Waals surface area (Å²) in [5, 5.41) is 0.744. The van der Waals surface area contributed by atoms with Crippen molar-refractivity contribution in [3.8, 4) is 0 Å². The minimum absolute atomic E-state index is 0.0163. The largest absolute Gasteiger partial charge is 0.417 e. The summed E-state index contributed by atoms with van der Waals surface area (Å²) < 4.78 is 44.0. The highest BCUT2D eigenvalue weighted by molar-refractivity contribution is 7.97. The van der Waals surface area contributed by atoms with E-state index < -0.39 is 23.8 Å². The Morgan fingerprint density at radius 1 is 1.12 bits per heavy atom. The van der Waals surface area contributed by atoms with Gasteiger partial charge >= 0.3 is 6.18 Å². The number of alkyl halides is 3. The number of nitrogens with one attached hydrogen (secondary N) is 1. The molecule has 0 bridgehead atoms. The molecule has 0 aliphatic carbocycles. The highest BCUT2D eigenvalue weighted by Gasteiger charge is 2.42. The predicted molar refractivity (Wildman–Crippen MR) is 133 cm³/mol. The van der Waals surface area contributed by atoms with Crippen molar-refractivity contribution in [1.29, 1.82) is 0 Å². The Labute approximate surface area is 196 Å². The molecule has 0 spiro atoms. The van der Waals surface area contributed by atoms with Gasteiger partial charge in [0.15, 0.2) is 0 Å². The van der Waals surface area contributed by atoms with E-state index >= 15 is 0 Å². The quantitative estimate of drug-likeness (QED) is 0.310. The normalized spacial score (nSPS) is 17.5. The fourth-order valence-electron chi connectivity index (χ4n) is 3.21. The minimum atomic E-state index is -4.46. The van der Waals surface area contributed by atoms with E-state index in [4.69, 9.17) is 0 Å². The minimum Gasteiger partial charge on any atom is -0.269 e. The number of rotatable bonds is 8. The summed E-state index contributed by atoms with van der Waals surface area (Å²) in [4.78, 5) is 8.81. The Morgan fingerprint density at radius 2 is 1.75 bits per heavy atom. The number of pyridine rings is 1. The lowest BCUT2D eigenvalue weighted by molar-refractivity contribution is -0.0869. The van der Waals surface area contributed by atoms with Gasteiger partial charge in [-0.05, 0) is 42.8 Å². The first-order valence-corrected chi connectivity index (χ1v) is 12.0. The third-order valence-electron chi connectivity index (χ3n) is 4.61. The maximum absolute atomic E-state index is 13.6. The number of aryl methyl sites for hydroxylation is 1. The van der Waals surface area contributed by atoms with Crippen LogP contribution in [0.25, 0.3) is 0 Å². The van der Waals surface area contributed by atoms with Crippen molar-refractivity contribution in [2.75, 3.05) is 0 Å². The standard InChI is InChI=1S/C21H26F3N3S.2C2H6/c1-6-15(13(3)4)16(7-2)20-17(21(22,23)24)11-12-18(26-20)27-28-19-10-8-9-14(5)25-19;2*1-2/h6-11,13,15-16,18,27H,1-2,12H2,3-5H3;2*1-2H3. The molecule has 0 saturated heterocycles. The van der Waals surface area contributed by atoms with E-state index in [1.54, 1.807) is 12.2 Å². The van der Waals surface area contributed by atoms with Gasteiger partial charge in [0.2, 0.25) is 0 Å². The number of dihydropyridines is 1. The van der Waals surface area contributed by atoms with Gasteiger partial charge in [0.05, 0.1) is 11.3 Å². The van der Waals surface area contributed by atoms with Crippen molar-refractivity contribution in [1.82, 2.24) is 9.71 Å². The van der Waals surface area contributed by atoms with E-state index in [-0.39, 0.29) is 24.0 Å². The summed E-state index contributed by atoms with van der Waals surface area (Å²) in [7, 11) is 0. The molecule has 0 aromatic carbocycles. The lowest BCUT2D eigenvalue weighted by Gasteiger charge is -2.31. The van der Waals surface area contributed by atoms with Gasteiger partial charge in [0.25, 0.3) is 0 Å². The first-order valence-electron chi connectivity index (χ1n) is 11.1. The molecule has 1 aliphatic heterocycles. The fourth-order valence-corrected chi connectivity index (χ4v) is 3.95. The van der Waals surface area contributed by atoms with E-state index in [1.807, 2.05) is 66.7 Å². The van der Waals surface area contributed by atoms with Crippen molar-refractivity contribution in [2.45, 2.75) is 72.3 Å². The summed E-state index contributed by atoms with van der Waals surface area (Å²) in [6.07, 6.45) is -0.325. The van der Waals surface area contributed by atoms with Crippen LogP contribution >= 0.6 is 11.9 Å². The Balaban J connectivity index is 0.00000227. The summed E-state index contributed by atoms with van der Waals surface area (Å²) in [6.45, 7) is 21.4. The second-order valence-corrected chi connectivity index (χ2v) is 7.90. The average molecular weight is 470 g/mol. The zero-order valence-corrected chi connectivity index (χ0v) is 21.1. The Bertz CT molecular complexity index is 770. The fraction of sp³-hybridized carbons (Fsp3) is 0.520. The molecule has 2 heterocycles. The van der Waals surface area contributed by atoms with Gasteiger partial charge in [-0.2, -0.15) is 13.2 Å². The third kappa shape index (κ3) is 8.94. The summed E-state index contributed by atoms with van der Waals surface area (Å²) in [5.74, 6) is -0.638. The first kappa shape index (κ1) is 30.1. The second-order valence-electron chi connectivity index (χ2n) is 7.04. The van der Waals surface area contributed by atoms with E-state index in [0.717, 1.165) is 10.7 Å². The zero-order chi connectivity index (χ0) is 24.9. The number of nitrogens with zero attached hydrogens (tertiary/aromatic N) is 2.